The van der Waals surface area contributed by atoms with Gasteiger partial charge in [-0.1, -0.05) is 6.92 Å². The maximum Gasteiger partial charge on any atom is 0.243 e. The number of carbonyl (C=O) groups is 2. The van der Waals surface area contributed by atoms with Crippen LogP contribution in [-0.4, -0.2) is 83.7 Å². The van der Waals surface area contributed by atoms with E-state index in [9.17, 15) is 18.0 Å². The van der Waals surface area contributed by atoms with Crippen molar-refractivity contribution in [3.63, 3.8) is 0 Å². The van der Waals surface area contributed by atoms with Crippen LogP contribution >= 0.6 is 0 Å². The molecule has 2 amide bonds. The molecule has 2 aromatic rings. The van der Waals surface area contributed by atoms with Gasteiger partial charge in [-0.05, 0) is 51.3 Å². The Morgan fingerprint density at radius 1 is 1.06 bits per heavy atom. The predicted octanol–water partition coefficient (Wildman–Crippen LogP) is 2.49. The zero-order chi connectivity index (χ0) is 24.9. The number of likely N-dealkylation sites (N-methyl/N-ethyl adjacent to an activating group) is 2. The molecule has 0 N–H and O–H groups in total. The second-order valence-corrected chi connectivity index (χ2v) is 10.7. The molecule has 0 radical (unpaired) electrons. The highest BCUT2D eigenvalue weighted by molar-refractivity contribution is 7.89. The zero-order valence-electron chi connectivity index (χ0n) is 20.8. The third-order valence-electron chi connectivity index (χ3n) is 6.43. The minimum atomic E-state index is -3.52. The lowest BCUT2D eigenvalue weighted by molar-refractivity contribution is -0.139. The summed E-state index contributed by atoms with van der Waals surface area (Å²) < 4.78 is 29.5. The number of amides is 2. The summed E-state index contributed by atoms with van der Waals surface area (Å²) in [6.45, 7) is 9.05. The van der Waals surface area contributed by atoms with E-state index in [2.05, 4.69) is 11.5 Å². The first-order valence-corrected chi connectivity index (χ1v) is 13.7. The molecule has 9 nitrogen and oxygen atoms in total. The van der Waals surface area contributed by atoms with Crippen molar-refractivity contribution in [1.82, 2.24) is 23.7 Å². The lowest BCUT2D eigenvalue weighted by Crippen LogP contribution is -2.41. The van der Waals surface area contributed by atoms with Crippen molar-refractivity contribution in [3.05, 3.63) is 24.0 Å². The molecule has 0 unspecified atom stereocenters. The minimum absolute atomic E-state index is 0.0591. The van der Waals surface area contributed by atoms with Crippen LogP contribution in [-0.2, 0) is 32.6 Å². The summed E-state index contributed by atoms with van der Waals surface area (Å²) in [4.78, 5) is 33.2. The first-order valence-electron chi connectivity index (χ1n) is 12.2. The summed E-state index contributed by atoms with van der Waals surface area (Å²) in [6, 6.07) is 5.13. The Balaban J connectivity index is 1.77. The first kappa shape index (κ1) is 26.2. The van der Waals surface area contributed by atoms with Crippen molar-refractivity contribution in [2.45, 2.75) is 64.3 Å². The van der Waals surface area contributed by atoms with Crippen LogP contribution in [0.4, 0.5) is 0 Å². The second kappa shape index (κ2) is 11.3. The van der Waals surface area contributed by atoms with Crippen molar-refractivity contribution in [2.24, 2.45) is 0 Å². The standard InChI is InChI=1S/C24H37N5O4S/c1-5-14-29-21-11-10-19(34(32,33)28-15-8-9-16-28)17-20(21)25-22(29)12-13-23(30)26(4)18-24(31)27(6-2)7-3/h10-11,17H,5-9,12-16,18H2,1-4H3. The van der Waals surface area contributed by atoms with Crippen LogP contribution in [0, 0.1) is 0 Å². The van der Waals surface area contributed by atoms with Gasteiger partial charge in [-0.25, -0.2) is 13.4 Å². The Bertz CT molecular complexity index is 1120. The average Bonchev–Trinajstić information content (AvgIpc) is 3.47. The highest BCUT2D eigenvalue weighted by Gasteiger charge is 2.28. The van der Waals surface area contributed by atoms with Crippen LogP contribution < -0.4 is 0 Å². The number of aromatic nitrogens is 2. The minimum Gasteiger partial charge on any atom is -0.342 e. The summed E-state index contributed by atoms with van der Waals surface area (Å²) in [5.41, 5.74) is 1.50. The van der Waals surface area contributed by atoms with Gasteiger partial charge in [0.05, 0.1) is 22.5 Å². The molecular weight excluding hydrogens is 454 g/mol. The van der Waals surface area contributed by atoms with Gasteiger partial charge in [0, 0.05) is 52.6 Å². The number of hydrogen-bond donors (Lipinski definition) is 0. The Hall–Kier alpha value is -2.46. The van der Waals surface area contributed by atoms with Gasteiger partial charge in [-0.3, -0.25) is 9.59 Å². The first-order chi connectivity index (χ1) is 16.2. The fourth-order valence-corrected chi connectivity index (χ4v) is 5.98. The fourth-order valence-electron chi connectivity index (χ4n) is 4.44. The molecule has 1 saturated heterocycles. The molecule has 1 aromatic carbocycles. The van der Waals surface area contributed by atoms with Crippen LogP contribution in [0.15, 0.2) is 23.1 Å². The van der Waals surface area contributed by atoms with E-state index in [4.69, 9.17) is 4.98 Å². The van der Waals surface area contributed by atoms with Gasteiger partial charge in [0.1, 0.15) is 5.82 Å². The SMILES string of the molecule is CCCn1c(CCC(=O)N(C)CC(=O)N(CC)CC)nc2cc(S(=O)(=O)N3CCCC3)ccc21. The normalized spacial score (nSPS) is 14.6. The van der Waals surface area contributed by atoms with E-state index in [1.807, 2.05) is 19.9 Å². The quantitative estimate of drug-likeness (QED) is 0.481. The molecule has 0 spiro atoms. The van der Waals surface area contributed by atoms with Crippen LogP contribution in [0.3, 0.4) is 0 Å². The average molecular weight is 492 g/mol. The molecule has 0 atom stereocenters. The highest BCUT2D eigenvalue weighted by Crippen LogP contribution is 2.26. The number of aryl methyl sites for hydroxylation is 2. The zero-order valence-corrected chi connectivity index (χ0v) is 21.6. The summed E-state index contributed by atoms with van der Waals surface area (Å²) in [6.07, 6.45) is 3.32. The van der Waals surface area contributed by atoms with Crippen molar-refractivity contribution < 1.29 is 18.0 Å². The number of carbonyl (C=O) groups excluding carboxylic acids is 2. The molecule has 2 heterocycles. The van der Waals surface area contributed by atoms with Crippen molar-refractivity contribution >= 4 is 32.9 Å². The van der Waals surface area contributed by atoms with Gasteiger partial charge in [0.25, 0.3) is 0 Å². The van der Waals surface area contributed by atoms with Crippen molar-refractivity contribution in [2.75, 3.05) is 39.8 Å². The molecule has 0 bridgehead atoms. The Kier molecular flexibility index (Phi) is 8.70. The molecule has 3 rings (SSSR count). The second-order valence-electron chi connectivity index (χ2n) is 8.76. The Labute approximate surface area is 202 Å². The third-order valence-corrected chi connectivity index (χ3v) is 8.32. The van der Waals surface area contributed by atoms with Gasteiger partial charge in [-0.2, -0.15) is 4.31 Å². The van der Waals surface area contributed by atoms with E-state index in [0.717, 1.165) is 37.1 Å². The molecule has 0 saturated carbocycles. The molecule has 1 aromatic heterocycles. The number of hydrogen-bond acceptors (Lipinski definition) is 5. The lowest BCUT2D eigenvalue weighted by atomic mass is 10.2. The Morgan fingerprint density at radius 2 is 1.74 bits per heavy atom. The van der Waals surface area contributed by atoms with Crippen LogP contribution in [0.25, 0.3) is 11.0 Å². The molecule has 1 aliphatic heterocycles. The predicted molar refractivity (Wildman–Crippen MR) is 132 cm³/mol. The van der Waals surface area contributed by atoms with E-state index < -0.39 is 10.0 Å². The smallest absolute Gasteiger partial charge is 0.243 e. The number of nitrogens with zero attached hydrogens (tertiary/aromatic N) is 5. The lowest BCUT2D eigenvalue weighted by Gasteiger charge is -2.23. The molecule has 34 heavy (non-hydrogen) atoms. The van der Waals surface area contributed by atoms with E-state index >= 15 is 0 Å². The third kappa shape index (κ3) is 5.60. The van der Waals surface area contributed by atoms with Gasteiger partial charge in [0.15, 0.2) is 0 Å². The molecule has 1 fully saturated rings. The summed E-state index contributed by atoms with van der Waals surface area (Å²) in [5.74, 6) is 0.572. The number of fused-ring (bicyclic) bond motifs is 1. The Morgan fingerprint density at radius 3 is 2.35 bits per heavy atom. The molecule has 1 aliphatic rings. The van der Waals surface area contributed by atoms with Crippen LogP contribution in [0.1, 0.15) is 52.3 Å². The number of sulfonamides is 1. The number of imidazole rings is 1. The highest BCUT2D eigenvalue weighted by atomic mass is 32.2. The van der Waals surface area contributed by atoms with E-state index in [1.165, 1.54) is 9.21 Å². The number of rotatable bonds is 11. The molecule has 10 heteroatoms. The van der Waals surface area contributed by atoms with E-state index in [0.29, 0.717) is 38.1 Å². The number of benzene rings is 1. The van der Waals surface area contributed by atoms with Crippen LogP contribution in [0.2, 0.25) is 0 Å². The fraction of sp³-hybridized carbons (Fsp3) is 0.625. The van der Waals surface area contributed by atoms with Gasteiger partial charge in [-0.15, -0.1) is 0 Å². The van der Waals surface area contributed by atoms with E-state index in [-0.39, 0.29) is 29.7 Å². The largest absolute Gasteiger partial charge is 0.342 e. The van der Waals surface area contributed by atoms with Gasteiger partial charge in [0.2, 0.25) is 21.8 Å². The summed E-state index contributed by atoms with van der Waals surface area (Å²) >= 11 is 0. The van der Waals surface area contributed by atoms with Crippen molar-refractivity contribution in [1.29, 1.82) is 0 Å². The van der Waals surface area contributed by atoms with Gasteiger partial charge >= 0.3 is 0 Å². The van der Waals surface area contributed by atoms with Gasteiger partial charge < -0.3 is 14.4 Å². The monoisotopic (exact) mass is 491 g/mol. The summed E-state index contributed by atoms with van der Waals surface area (Å²) in [7, 11) is -1.87. The van der Waals surface area contributed by atoms with Crippen molar-refractivity contribution in [3.8, 4) is 0 Å². The topological polar surface area (TPSA) is 95.8 Å². The van der Waals surface area contributed by atoms with Crippen LogP contribution in [0.5, 0.6) is 0 Å². The maximum absolute atomic E-state index is 13.0. The molecule has 188 valence electrons. The summed E-state index contributed by atoms with van der Waals surface area (Å²) in [5, 5.41) is 0. The molecular formula is C24H37N5O4S. The van der Waals surface area contributed by atoms with E-state index in [1.54, 1.807) is 24.1 Å². The maximum atomic E-state index is 13.0. The molecule has 0 aliphatic carbocycles.